The second-order valence-corrected chi connectivity index (χ2v) is 4.48. The molecule has 0 unspecified atom stereocenters. The molecule has 1 aromatic carbocycles. The maximum atomic E-state index is 11.0. The Morgan fingerprint density at radius 2 is 2.21 bits per heavy atom. The van der Waals surface area contributed by atoms with Crippen molar-refractivity contribution in [1.82, 2.24) is 9.78 Å². The van der Waals surface area contributed by atoms with E-state index in [1.807, 2.05) is 26.2 Å². The summed E-state index contributed by atoms with van der Waals surface area (Å²) in [4.78, 5) is 11.0. The van der Waals surface area contributed by atoms with E-state index in [9.17, 15) is 4.79 Å². The van der Waals surface area contributed by atoms with Gasteiger partial charge < -0.3 is 10.4 Å². The number of nitrogens with one attached hydrogen (secondary N) is 1. The predicted octanol–water partition coefficient (Wildman–Crippen LogP) is 2.73. The van der Waals surface area contributed by atoms with Gasteiger partial charge in [0.15, 0.2) is 0 Å². The molecule has 0 atom stereocenters. The van der Waals surface area contributed by atoms with Crippen LogP contribution in [0.5, 0.6) is 0 Å². The van der Waals surface area contributed by atoms with Crippen molar-refractivity contribution < 1.29 is 9.90 Å². The van der Waals surface area contributed by atoms with Crippen LogP contribution in [0.25, 0.3) is 0 Å². The average molecular weight is 259 g/mol. The Morgan fingerprint density at radius 1 is 1.47 bits per heavy atom. The van der Waals surface area contributed by atoms with Gasteiger partial charge in [0.05, 0.1) is 16.9 Å². The van der Waals surface area contributed by atoms with Crippen molar-refractivity contribution in [2.45, 2.75) is 20.3 Å². The Balaban J connectivity index is 2.28. The lowest BCUT2D eigenvalue weighted by atomic mass is 10.1. The van der Waals surface area contributed by atoms with Gasteiger partial charge in [-0.05, 0) is 37.1 Å². The van der Waals surface area contributed by atoms with Gasteiger partial charge in [-0.2, -0.15) is 5.10 Å². The third kappa shape index (κ3) is 2.76. The van der Waals surface area contributed by atoms with Crippen LogP contribution in [0.1, 0.15) is 28.5 Å². The van der Waals surface area contributed by atoms with Crippen molar-refractivity contribution in [3.63, 3.8) is 0 Å². The van der Waals surface area contributed by atoms with E-state index in [2.05, 4.69) is 10.4 Å². The summed E-state index contributed by atoms with van der Waals surface area (Å²) in [7, 11) is 1.88. The first-order valence-corrected chi connectivity index (χ1v) is 6.14. The number of carboxylic acids is 1. The highest BCUT2D eigenvalue weighted by atomic mass is 16.4. The normalized spacial score (nSPS) is 10.5. The van der Waals surface area contributed by atoms with Crippen molar-refractivity contribution in [1.29, 1.82) is 0 Å². The first-order valence-electron chi connectivity index (χ1n) is 6.14. The molecule has 0 fully saturated rings. The summed E-state index contributed by atoms with van der Waals surface area (Å²) in [5.41, 5.74) is 3.87. The largest absolute Gasteiger partial charge is 0.478 e. The summed E-state index contributed by atoms with van der Waals surface area (Å²) < 4.78 is 1.76. The first kappa shape index (κ1) is 13.1. The Kier molecular flexibility index (Phi) is 3.55. The van der Waals surface area contributed by atoms with Gasteiger partial charge in [-0.25, -0.2) is 4.79 Å². The Hall–Kier alpha value is -2.30. The lowest BCUT2D eigenvalue weighted by Crippen LogP contribution is -2.00. The molecule has 0 aliphatic heterocycles. The van der Waals surface area contributed by atoms with Crippen LogP contribution in [0.4, 0.5) is 11.4 Å². The van der Waals surface area contributed by atoms with E-state index >= 15 is 0 Å². The molecule has 1 heterocycles. The number of carbonyl (C=O) groups is 1. The van der Waals surface area contributed by atoms with E-state index in [4.69, 9.17) is 5.11 Å². The van der Waals surface area contributed by atoms with Crippen molar-refractivity contribution in [2.75, 3.05) is 5.32 Å². The molecule has 0 aliphatic rings. The quantitative estimate of drug-likeness (QED) is 0.886. The second kappa shape index (κ2) is 5.14. The number of benzene rings is 1. The molecule has 2 aromatic rings. The van der Waals surface area contributed by atoms with Crippen LogP contribution in [-0.2, 0) is 13.5 Å². The fourth-order valence-electron chi connectivity index (χ4n) is 2.04. The average Bonchev–Trinajstić information content (AvgIpc) is 2.69. The molecule has 2 N–H and O–H groups in total. The van der Waals surface area contributed by atoms with Crippen LogP contribution in [0.2, 0.25) is 0 Å². The summed E-state index contributed by atoms with van der Waals surface area (Å²) in [6.45, 7) is 3.84. The number of hydrogen-bond donors (Lipinski definition) is 2. The molecular weight excluding hydrogens is 242 g/mol. The fourth-order valence-corrected chi connectivity index (χ4v) is 2.04. The van der Waals surface area contributed by atoms with Crippen LogP contribution in [0, 0.1) is 6.92 Å². The summed E-state index contributed by atoms with van der Waals surface area (Å²) in [6.07, 6.45) is 2.76. The smallest absolute Gasteiger partial charge is 0.335 e. The minimum atomic E-state index is -0.903. The molecule has 0 spiro atoms. The standard InChI is InChI=1S/C14H17N3O2/c1-4-12-13(8-17(3)16-12)15-10-5-6-11(14(18)19)9(2)7-10/h5-8,15H,4H2,1-3H3,(H,18,19). The fraction of sp³-hybridized carbons (Fsp3) is 0.286. The maximum Gasteiger partial charge on any atom is 0.335 e. The topological polar surface area (TPSA) is 67.2 Å². The molecule has 2 rings (SSSR count). The van der Waals surface area contributed by atoms with Crippen LogP contribution in [0.15, 0.2) is 24.4 Å². The van der Waals surface area contributed by atoms with Crippen molar-refractivity contribution in [3.8, 4) is 0 Å². The number of carboxylic acid groups (broad SMARTS) is 1. The van der Waals surface area contributed by atoms with Gasteiger partial charge in [0.2, 0.25) is 0 Å². The minimum absolute atomic E-state index is 0.326. The zero-order chi connectivity index (χ0) is 14.0. The summed E-state index contributed by atoms with van der Waals surface area (Å²) in [5.74, 6) is -0.903. The SMILES string of the molecule is CCc1nn(C)cc1Nc1ccc(C(=O)O)c(C)c1. The van der Waals surface area contributed by atoms with Gasteiger partial charge in [-0.3, -0.25) is 4.68 Å². The molecule has 5 heteroatoms. The zero-order valence-corrected chi connectivity index (χ0v) is 11.3. The molecule has 1 aromatic heterocycles. The number of anilines is 2. The van der Waals surface area contributed by atoms with E-state index < -0.39 is 5.97 Å². The van der Waals surface area contributed by atoms with E-state index in [-0.39, 0.29) is 0 Å². The molecule has 100 valence electrons. The number of nitrogens with zero attached hydrogens (tertiary/aromatic N) is 2. The second-order valence-electron chi connectivity index (χ2n) is 4.48. The molecule has 0 aliphatic carbocycles. The van der Waals surface area contributed by atoms with Gasteiger partial charge in [0.25, 0.3) is 0 Å². The lowest BCUT2D eigenvalue weighted by molar-refractivity contribution is 0.0696. The lowest BCUT2D eigenvalue weighted by Gasteiger charge is -2.08. The van der Waals surface area contributed by atoms with E-state index in [1.165, 1.54) is 0 Å². The molecule has 19 heavy (non-hydrogen) atoms. The number of rotatable bonds is 4. The Bertz CT molecular complexity index is 617. The monoisotopic (exact) mass is 259 g/mol. The minimum Gasteiger partial charge on any atom is -0.478 e. The van der Waals surface area contributed by atoms with E-state index in [1.54, 1.807) is 23.7 Å². The van der Waals surface area contributed by atoms with E-state index in [0.29, 0.717) is 5.56 Å². The van der Waals surface area contributed by atoms with Gasteiger partial charge in [-0.1, -0.05) is 6.92 Å². The Labute approximate surface area is 111 Å². The third-order valence-corrected chi connectivity index (χ3v) is 2.98. The molecule has 0 amide bonds. The van der Waals surface area contributed by atoms with Crippen molar-refractivity contribution in [3.05, 3.63) is 41.2 Å². The molecule has 0 radical (unpaired) electrons. The number of hydrogen-bond acceptors (Lipinski definition) is 3. The molecular formula is C14H17N3O2. The van der Waals surface area contributed by atoms with E-state index in [0.717, 1.165) is 29.1 Å². The molecule has 5 nitrogen and oxygen atoms in total. The highest BCUT2D eigenvalue weighted by Crippen LogP contribution is 2.22. The number of aryl methyl sites for hydroxylation is 3. The summed E-state index contributed by atoms with van der Waals surface area (Å²) in [5, 5.41) is 16.6. The highest BCUT2D eigenvalue weighted by Gasteiger charge is 2.09. The Morgan fingerprint density at radius 3 is 2.79 bits per heavy atom. The van der Waals surface area contributed by atoms with Crippen LogP contribution in [0.3, 0.4) is 0 Å². The van der Waals surface area contributed by atoms with Gasteiger partial charge in [-0.15, -0.1) is 0 Å². The summed E-state index contributed by atoms with van der Waals surface area (Å²) in [6, 6.07) is 5.21. The van der Waals surface area contributed by atoms with Crippen LogP contribution in [-0.4, -0.2) is 20.9 Å². The predicted molar refractivity (Wildman–Crippen MR) is 74.0 cm³/mol. The third-order valence-electron chi connectivity index (χ3n) is 2.98. The van der Waals surface area contributed by atoms with Gasteiger partial charge >= 0.3 is 5.97 Å². The molecule has 0 saturated heterocycles. The molecule has 0 bridgehead atoms. The highest BCUT2D eigenvalue weighted by molar-refractivity contribution is 5.90. The van der Waals surface area contributed by atoms with Gasteiger partial charge in [0, 0.05) is 18.9 Å². The zero-order valence-electron chi connectivity index (χ0n) is 11.3. The number of aromatic carboxylic acids is 1. The maximum absolute atomic E-state index is 11.0. The molecule has 0 saturated carbocycles. The van der Waals surface area contributed by atoms with Crippen LogP contribution >= 0.6 is 0 Å². The van der Waals surface area contributed by atoms with Gasteiger partial charge in [0.1, 0.15) is 0 Å². The number of aromatic nitrogens is 2. The van der Waals surface area contributed by atoms with Crippen molar-refractivity contribution in [2.24, 2.45) is 7.05 Å². The van der Waals surface area contributed by atoms with Crippen LogP contribution < -0.4 is 5.32 Å². The van der Waals surface area contributed by atoms with Crippen molar-refractivity contribution >= 4 is 17.3 Å². The first-order chi connectivity index (χ1) is 9.01. The summed E-state index contributed by atoms with van der Waals surface area (Å²) >= 11 is 0.